The van der Waals surface area contributed by atoms with E-state index >= 15 is 0 Å². The second-order valence-corrected chi connectivity index (χ2v) is 6.95. The molecule has 7 heteroatoms. The fraction of sp³-hybridized carbons (Fsp3) is 0.150. The van der Waals surface area contributed by atoms with Crippen LogP contribution < -0.4 is 0 Å². The summed E-state index contributed by atoms with van der Waals surface area (Å²) in [6.07, 6.45) is 1.87. The van der Waals surface area contributed by atoms with Crippen molar-refractivity contribution in [2.75, 3.05) is 0 Å². The molecule has 0 aliphatic heterocycles. The van der Waals surface area contributed by atoms with Crippen LogP contribution in [-0.2, 0) is 22.6 Å². The first-order valence-corrected chi connectivity index (χ1v) is 9.20. The van der Waals surface area contributed by atoms with Gasteiger partial charge >= 0.3 is 5.97 Å². The van der Waals surface area contributed by atoms with Crippen molar-refractivity contribution >= 4 is 27.5 Å². The molecule has 136 valence electrons. The minimum absolute atomic E-state index is 0.127. The van der Waals surface area contributed by atoms with Crippen LogP contribution >= 0.6 is 11.3 Å². The molecular weight excluding hydrogens is 367 g/mol. The molecule has 4 rings (SSSR count). The Balaban J connectivity index is 1.31. The molecule has 0 aliphatic rings. The fourth-order valence-electron chi connectivity index (χ4n) is 2.62. The number of carbonyl (C=O) groups excluding carboxylic acids is 1. The molecule has 0 saturated heterocycles. The van der Waals surface area contributed by atoms with E-state index in [4.69, 9.17) is 9.15 Å². The summed E-state index contributed by atoms with van der Waals surface area (Å²) in [7, 11) is 0. The standard InChI is InChI=1S/C20H15FN2O3S/c21-14-6-2-1-5-13(14)16-11-22-18(26-16)9-10-20(24)25-12-19-23-15-7-3-4-8-17(15)27-19/h1-8,11H,9-10,12H2. The first kappa shape index (κ1) is 17.4. The fourth-order valence-corrected chi connectivity index (χ4v) is 3.50. The lowest BCUT2D eigenvalue weighted by Gasteiger charge is -2.01. The molecule has 0 fully saturated rings. The number of hydrogen-bond donors (Lipinski definition) is 0. The lowest BCUT2D eigenvalue weighted by molar-refractivity contribution is -0.145. The summed E-state index contributed by atoms with van der Waals surface area (Å²) in [5.74, 6) is -0.0357. The highest BCUT2D eigenvalue weighted by atomic mass is 32.1. The van der Waals surface area contributed by atoms with Gasteiger partial charge in [0.05, 0.1) is 28.4 Å². The third-order valence-corrected chi connectivity index (χ3v) is 4.94. The van der Waals surface area contributed by atoms with Gasteiger partial charge in [0.1, 0.15) is 17.4 Å². The van der Waals surface area contributed by atoms with Gasteiger partial charge in [-0.05, 0) is 24.3 Å². The van der Waals surface area contributed by atoms with Gasteiger partial charge in [-0.1, -0.05) is 24.3 Å². The van der Waals surface area contributed by atoms with Crippen LogP contribution in [-0.4, -0.2) is 15.9 Å². The molecule has 5 nitrogen and oxygen atoms in total. The smallest absolute Gasteiger partial charge is 0.306 e. The molecule has 0 amide bonds. The molecule has 0 aliphatic carbocycles. The monoisotopic (exact) mass is 382 g/mol. The second kappa shape index (κ2) is 7.67. The largest absolute Gasteiger partial charge is 0.458 e. The number of thiazole rings is 1. The van der Waals surface area contributed by atoms with Gasteiger partial charge in [0.15, 0.2) is 11.7 Å². The van der Waals surface area contributed by atoms with Crippen LogP contribution in [0, 0.1) is 5.82 Å². The van der Waals surface area contributed by atoms with Crippen LogP contribution in [0.15, 0.2) is 59.1 Å². The predicted molar refractivity (Wildman–Crippen MR) is 99.6 cm³/mol. The zero-order valence-electron chi connectivity index (χ0n) is 14.2. The number of aromatic nitrogens is 2. The Hall–Kier alpha value is -3.06. The Kier molecular flexibility index (Phi) is 4.93. The summed E-state index contributed by atoms with van der Waals surface area (Å²) in [6, 6.07) is 14.1. The van der Waals surface area contributed by atoms with E-state index in [0.29, 0.717) is 17.2 Å². The van der Waals surface area contributed by atoms with Crippen molar-refractivity contribution in [2.45, 2.75) is 19.4 Å². The quantitative estimate of drug-likeness (QED) is 0.450. The molecule has 0 bridgehead atoms. The third kappa shape index (κ3) is 4.03. The molecule has 0 spiro atoms. The van der Waals surface area contributed by atoms with Crippen LogP contribution in [0.5, 0.6) is 0 Å². The number of benzene rings is 2. The number of aryl methyl sites for hydroxylation is 1. The van der Waals surface area contributed by atoms with Crippen molar-refractivity contribution in [3.8, 4) is 11.3 Å². The third-order valence-electron chi connectivity index (χ3n) is 3.93. The van der Waals surface area contributed by atoms with Crippen molar-refractivity contribution in [1.82, 2.24) is 9.97 Å². The van der Waals surface area contributed by atoms with Crippen LogP contribution in [0.2, 0.25) is 0 Å². The molecule has 0 atom stereocenters. The number of para-hydroxylation sites is 1. The summed E-state index contributed by atoms with van der Waals surface area (Å²) in [6.45, 7) is 0.143. The topological polar surface area (TPSA) is 65.2 Å². The van der Waals surface area contributed by atoms with Crippen molar-refractivity contribution < 1.29 is 18.3 Å². The maximum Gasteiger partial charge on any atom is 0.306 e. The molecule has 2 aromatic carbocycles. The highest BCUT2D eigenvalue weighted by molar-refractivity contribution is 7.18. The number of hydrogen-bond acceptors (Lipinski definition) is 6. The Morgan fingerprint density at radius 3 is 2.81 bits per heavy atom. The number of fused-ring (bicyclic) bond motifs is 1. The minimum atomic E-state index is -0.379. The van der Waals surface area contributed by atoms with Crippen LogP contribution in [0.4, 0.5) is 4.39 Å². The molecule has 27 heavy (non-hydrogen) atoms. The summed E-state index contributed by atoms with van der Waals surface area (Å²) in [5.41, 5.74) is 1.24. The van der Waals surface area contributed by atoms with E-state index in [0.717, 1.165) is 15.2 Å². The van der Waals surface area contributed by atoms with E-state index in [-0.39, 0.29) is 31.2 Å². The lowest BCUT2D eigenvalue weighted by atomic mass is 10.2. The minimum Gasteiger partial charge on any atom is -0.458 e. The molecule has 0 N–H and O–H groups in total. The van der Waals surface area contributed by atoms with Gasteiger partial charge in [-0.25, -0.2) is 14.4 Å². The normalized spacial score (nSPS) is 11.0. The van der Waals surface area contributed by atoms with E-state index in [9.17, 15) is 9.18 Å². The van der Waals surface area contributed by atoms with Crippen molar-refractivity contribution in [3.63, 3.8) is 0 Å². The van der Waals surface area contributed by atoms with E-state index in [1.807, 2.05) is 24.3 Å². The maximum absolute atomic E-state index is 13.8. The van der Waals surface area contributed by atoms with Crippen LogP contribution in [0.25, 0.3) is 21.5 Å². The SMILES string of the molecule is O=C(CCc1ncc(-c2ccccc2F)o1)OCc1nc2ccccc2s1. The second-order valence-electron chi connectivity index (χ2n) is 5.83. The van der Waals surface area contributed by atoms with Gasteiger partial charge < -0.3 is 9.15 Å². The van der Waals surface area contributed by atoms with E-state index in [1.54, 1.807) is 18.2 Å². The summed E-state index contributed by atoms with van der Waals surface area (Å²) < 4.78 is 25.6. The Bertz CT molecular complexity index is 1060. The molecule has 2 aromatic heterocycles. The average Bonchev–Trinajstić information content (AvgIpc) is 3.31. The van der Waals surface area contributed by atoms with Gasteiger partial charge in [0.25, 0.3) is 0 Å². The summed E-state index contributed by atoms with van der Waals surface area (Å²) in [4.78, 5) is 20.5. The summed E-state index contributed by atoms with van der Waals surface area (Å²) in [5, 5.41) is 0.752. The molecule has 0 unspecified atom stereocenters. The summed E-state index contributed by atoms with van der Waals surface area (Å²) >= 11 is 1.50. The predicted octanol–water partition coefficient (Wildman–Crippen LogP) is 4.77. The molecule has 0 radical (unpaired) electrons. The number of carbonyl (C=O) groups is 1. The van der Waals surface area contributed by atoms with Gasteiger partial charge in [-0.15, -0.1) is 11.3 Å². The van der Waals surface area contributed by atoms with E-state index in [2.05, 4.69) is 9.97 Å². The zero-order valence-corrected chi connectivity index (χ0v) is 15.0. The average molecular weight is 382 g/mol. The van der Waals surface area contributed by atoms with E-state index in [1.165, 1.54) is 23.6 Å². The van der Waals surface area contributed by atoms with Crippen LogP contribution in [0.1, 0.15) is 17.3 Å². The van der Waals surface area contributed by atoms with Crippen molar-refractivity contribution in [2.24, 2.45) is 0 Å². The van der Waals surface area contributed by atoms with Gasteiger partial charge in [0, 0.05) is 6.42 Å². The molecule has 2 heterocycles. The Morgan fingerprint density at radius 1 is 1.15 bits per heavy atom. The molecular formula is C20H15FN2O3S. The first-order chi connectivity index (χ1) is 13.2. The molecule has 0 saturated carbocycles. The van der Waals surface area contributed by atoms with Crippen molar-refractivity contribution in [3.05, 3.63) is 71.4 Å². The number of esters is 1. The van der Waals surface area contributed by atoms with Crippen LogP contribution in [0.3, 0.4) is 0 Å². The number of nitrogens with zero attached hydrogens (tertiary/aromatic N) is 2. The zero-order chi connectivity index (χ0) is 18.6. The van der Waals surface area contributed by atoms with Gasteiger partial charge in [-0.3, -0.25) is 4.79 Å². The molecule has 4 aromatic rings. The maximum atomic E-state index is 13.8. The Morgan fingerprint density at radius 2 is 1.96 bits per heavy atom. The van der Waals surface area contributed by atoms with E-state index < -0.39 is 0 Å². The highest BCUT2D eigenvalue weighted by Crippen LogP contribution is 2.24. The van der Waals surface area contributed by atoms with Crippen molar-refractivity contribution in [1.29, 1.82) is 0 Å². The highest BCUT2D eigenvalue weighted by Gasteiger charge is 2.13. The number of oxazole rings is 1. The van der Waals surface area contributed by atoms with Gasteiger partial charge in [-0.2, -0.15) is 0 Å². The number of rotatable bonds is 6. The first-order valence-electron chi connectivity index (χ1n) is 8.39. The number of halogens is 1. The number of ether oxygens (including phenoxy) is 1. The Labute approximate surface area is 158 Å². The van der Waals surface area contributed by atoms with Gasteiger partial charge in [0.2, 0.25) is 0 Å². The lowest BCUT2D eigenvalue weighted by Crippen LogP contribution is -2.05.